The lowest BCUT2D eigenvalue weighted by Gasteiger charge is -2.39. The van der Waals surface area contributed by atoms with Gasteiger partial charge in [-0.15, -0.1) is 13.2 Å². The molecular formula is C22H29F3N2O. The van der Waals surface area contributed by atoms with Crippen molar-refractivity contribution in [3.05, 3.63) is 47.2 Å². The zero-order valence-corrected chi connectivity index (χ0v) is 16.6. The van der Waals surface area contributed by atoms with Gasteiger partial charge < -0.3 is 15.4 Å². The van der Waals surface area contributed by atoms with E-state index in [1.165, 1.54) is 23.4 Å². The van der Waals surface area contributed by atoms with E-state index in [1.807, 2.05) is 6.07 Å². The Morgan fingerprint density at radius 2 is 1.93 bits per heavy atom. The van der Waals surface area contributed by atoms with Gasteiger partial charge in [0.15, 0.2) is 0 Å². The van der Waals surface area contributed by atoms with E-state index in [2.05, 4.69) is 35.3 Å². The van der Waals surface area contributed by atoms with Gasteiger partial charge in [0.1, 0.15) is 5.75 Å². The molecule has 2 N–H and O–H groups in total. The zero-order valence-electron chi connectivity index (χ0n) is 16.6. The molecule has 1 fully saturated rings. The molecule has 1 aromatic rings. The first-order valence-electron chi connectivity index (χ1n) is 10.1. The third-order valence-electron chi connectivity index (χ3n) is 5.79. The number of hydrogen-bond donors (Lipinski definition) is 2. The van der Waals surface area contributed by atoms with Gasteiger partial charge in [-0.1, -0.05) is 31.6 Å². The summed E-state index contributed by atoms with van der Waals surface area (Å²) in [5.41, 5.74) is 4.15. The topological polar surface area (TPSA) is 33.3 Å². The number of piperidine rings is 1. The van der Waals surface area contributed by atoms with Crippen LogP contribution in [0.2, 0.25) is 0 Å². The van der Waals surface area contributed by atoms with E-state index >= 15 is 0 Å². The molecule has 0 aliphatic carbocycles. The first-order chi connectivity index (χ1) is 13.3. The van der Waals surface area contributed by atoms with Crippen molar-refractivity contribution < 1.29 is 17.9 Å². The maximum Gasteiger partial charge on any atom is 0.573 e. The highest BCUT2D eigenvalue weighted by molar-refractivity contribution is 5.70. The number of ether oxygens (including phenoxy) is 1. The quantitative estimate of drug-likeness (QED) is 0.682. The fourth-order valence-electron chi connectivity index (χ4n) is 4.21. The molecule has 0 aromatic heterocycles. The molecule has 0 radical (unpaired) electrons. The van der Waals surface area contributed by atoms with E-state index in [0.717, 1.165) is 62.9 Å². The Morgan fingerprint density at radius 3 is 2.61 bits per heavy atom. The Kier molecular flexibility index (Phi) is 6.38. The summed E-state index contributed by atoms with van der Waals surface area (Å²) in [7, 11) is 0. The Balaban J connectivity index is 1.94. The van der Waals surface area contributed by atoms with E-state index in [1.54, 1.807) is 6.07 Å². The van der Waals surface area contributed by atoms with Crippen molar-refractivity contribution in [3.8, 4) is 5.75 Å². The van der Waals surface area contributed by atoms with Crippen LogP contribution in [0.25, 0.3) is 5.70 Å². The molecule has 2 aliphatic rings. The first-order valence-corrected chi connectivity index (χ1v) is 10.1. The van der Waals surface area contributed by atoms with Crippen LogP contribution in [-0.4, -0.2) is 19.5 Å². The van der Waals surface area contributed by atoms with Gasteiger partial charge in [-0.3, -0.25) is 0 Å². The number of rotatable bonds is 4. The molecule has 1 spiro atoms. The van der Waals surface area contributed by atoms with Crippen LogP contribution in [0.5, 0.6) is 5.75 Å². The van der Waals surface area contributed by atoms with Crippen LogP contribution in [-0.2, 0) is 0 Å². The van der Waals surface area contributed by atoms with Gasteiger partial charge in [-0.05, 0) is 69.8 Å². The monoisotopic (exact) mass is 394 g/mol. The summed E-state index contributed by atoms with van der Waals surface area (Å²) in [5.74, 6) is -0.188. The predicted octanol–water partition coefficient (Wildman–Crippen LogP) is 5.75. The summed E-state index contributed by atoms with van der Waals surface area (Å²) >= 11 is 0. The van der Waals surface area contributed by atoms with Gasteiger partial charge in [-0.2, -0.15) is 0 Å². The van der Waals surface area contributed by atoms with Crippen molar-refractivity contribution in [2.24, 2.45) is 5.41 Å². The molecule has 6 heteroatoms. The highest BCUT2D eigenvalue weighted by atomic mass is 19.4. The van der Waals surface area contributed by atoms with Gasteiger partial charge in [0.05, 0.1) is 0 Å². The Hall–Kier alpha value is -1.95. The molecule has 1 saturated heterocycles. The molecule has 154 valence electrons. The molecule has 3 rings (SSSR count). The maximum atomic E-state index is 12.6. The molecule has 3 nitrogen and oxygen atoms in total. The Bertz CT molecular complexity index is 746. The fraction of sp³-hybridized carbons (Fsp3) is 0.545. The van der Waals surface area contributed by atoms with E-state index in [9.17, 15) is 13.2 Å². The molecule has 0 saturated carbocycles. The minimum Gasteiger partial charge on any atom is -0.406 e. The highest BCUT2D eigenvalue weighted by Crippen LogP contribution is 2.45. The second-order valence-corrected chi connectivity index (χ2v) is 7.79. The van der Waals surface area contributed by atoms with E-state index in [4.69, 9.17) is 0 Å². The number of halogens is 3. The lowest BCUT2D eigenvalue weighted by atomic mass is 9.72. The second-order valence-electron chi connectivity index (χ2n) is 7.79. The minimum atomic E-state index is -4.69. The van der Waals surface area contributed by atoms with Crippen LogP contribution < -0.4 is 15.4 Å². The summed E-state index contributed by atoms with van der Waals surface area (Å²) in [6.07, 6.45) is 3.79. The SMILES string of the molecule is CCC/C=C1\NC(c2cccc(OC(F)(F)F)c2)=C(C)CCC12CCNCC2. The van der Waals surface area contributed by atoms with Crippen molar-refractivity contribution >= 4 is 5.70 Å². The van der Waals surface area contributed by atoms with Gasteiger partial charge in [0, 0.05) is 22.4 Å². The number of unbranched alkanes of at least 4 members (excludes halogenated alkanes) is 1. The van der Waals surface area contributed by atoms with E-state index < -0.39 is 6.36 Å². The zero-order chi connectivity index (χ0) is 20.2. The average Bonchev–Trinajstić information content (AvgIpc) is 2.77. The summed E-state index contributed by atoms with van der Waals surface area (Å²) in [6, 6.07) is 6.26. The molecule has 28 heavy (non-hydrogen) atoms. The largest absolute Gasteiger partial charge is 0.573 e. The maximum absolute atomic E-state index is 12.6. The highest BCUT2D eigenvalue weighted by Gasteiger charge is 2.38. The average molecular weight is 394 g/mol. The third-order valence-corrected chi connectivity index (χ3v) is 5.79. The smallest absolute Gasteiger partial charge is 0.406 e. The second kappa shape index (κ2) is 8.60. The number of hydrogen-bond acceptors (Lipinski definition) is 3. The molecule has 0 unspecified atom stereocenters. The van der Waals surface area contributed by atoms with Gasteiger partial charge in [0.2, 0.25) is 0 Å². The summed E-state index contributed by atoms with van der Waals surface area (Å²) in [6.45, 7) is 6.21. The predicted molar refractivity (Wildman–Crippen MR) is 106 cm³/mol. The van der Waals surface area contributed by atoms with Crippen molar-refractivity contribution in [2.45, 2.75) is 58.7 Å². The van der Waals surface area contributed by atoms with Crippen LogP contribution in [0.3, 0.4) is 0 Å². The van der Waals surface area contributed by atoms with Gasteiger partial charge in [0.25, 0.3) is 0 Å². The lowest BCUT2D eigenvalue weighted by Crippen LogP contribution is -2.40. The van der Waals surface area contributed by atoms with Crippen molar-refractivity contribution in [2.75, 3.05) is 13.1 Å². The summed E-state index contributed by atoms with van der Waals surface area (Å²) < 4.78 is 42.0. The standard InChI is InChI=1S/C22H29F3N2O/c1-3-4-8-19-21(11-13-26-14-12-21)10-9-16(2)20(27-19)17-6-5-7-18(15-17)28-22(23,24)25/h5-8,15,26-27H,3-4,9-14H2,1-2H3/b19-8-. The normalized spacial score (nSPS) is 21.5. The van der Waals surface area contributed by atoms with Crippen LogP contribution in [0.1, 0.15) is 57.9 Å². The molecule has 0 bridgehead atoms. The third kappa shape index (κ3) is 4.90. The van der Waals surface area contributed by atoms with Gasteiger partial charge >= 0.3 is 6.36 Å². The number of nitrogens with one attached hydrogen (secondary N) is 2. The summed E-state index contributed by atoms with van der Waals surface area (Å²) in [5, 5.41) is 7.09. The lowest BCUT2D eigenvalue weighted by molar-refractivity contribution is -0.274. The first kappa shape index (κ1) is 20.8. The molecule has 1 aromatic carbocycles. The van der Waals surface area contributed by atoms with Gasteiger partial charge in [-0.25, -0.2) is 0 Å². The van der Waals surface area contributed by atoms with E-state index in [-0.39, 0.29) is 11.2 Å². The molecular weight excluding hydrogens is 365 g/mol. The number of alkyl halides is 3. The van der Waals surface area contributed by atoms with Crippen LogP contribution in [0.15, 0.2) is 41.6 Å². The van der Waals surface area contributed by atoms with Crippen LogP contribution in [0.4, 0.5) is 13.2 Å². The molecule has 0 atom stereocenters. The van der Waals surface area contributed by atoms with Crippen LogP contribution in [0, 0.1) is 5.41 Å². The van der Waals surface area contributed by atoms with E-state index in [0.29, 0.717) is 0 Å². The molecule has 0 amide bonds. The van der Waals surface area contributed by atoms with Crippen molar-refractivity contribution in [1.29, 1.82) is 0 Å². The number of allylic oxidation sites excluding steroid dienone is 3. The minimum absolute atomic E-state index is 0.115. The Labute approximate surface area is 165 Å². The number of benzene rings is 1. The van der Waals surface area contributed by atoms with Crippen LogP contribution >= 0.6 is 0 Å². The Morgan fingerprint density at radius 1 is 1.18 bits per heavy atom. The van der Waals surface area contributed by atoms with Crippen molar-refractivity contribution in [1.82, 2.24) is 10.6 Å². The fourth-order valence-corrected chi connectivity index (χ4v) is 4.21. The summed E-state index contributed by atoms with van der Waals surface area (Å²) in [4.78, 5) is 0. The molecule has 2 heterocycles. The van der Waals surface area contributed by atoms with Crippen molar-refractivity contribution in [3.63, 3.8) is 0 Å². The molecule has 2 aliphatic heterocycles.